The van der Waals surface area contributed by atoms with Crippen molar-refractivity contribution >= 4 is 35.2 Å². The van der Waals surface area contributed by atoms with Crippen molar-refractivity contribution in [3.63, 3.8) is 0 Å². The van der Waals surface area contributed by atoms with Crippen LogP contribution in [0.2, 0.25) is 10.0 Å². The zero-order valence-electron chi connectivity index (χ0n) is 11.0. The van der Waals surface area contributed by atoms with Crippen molar-refractivity contribution in [2.45, 2.75) is 32.4 Å². The van der Waals surface area contributed by atoms with Crippen molar-refractivity contribution in [2.24, 2.45) is 0 Å². The van der Waals surface area contributed by atoms with Crippen LogP contribution in [-0.4, -0.2) is 23.1 Å². The van der Waals surface area contributed by atoms with Crippen molar-refractivity contribution in [3.05, 3.63) is 33.8 Å². The van der Waals surface area contributed by atoms with Gasteiger partial charge in [0.2, 0.25) is 0 Å². The van der Waals surface area contributed by atoms with E-state index in [1.54, 1.807) is 18.2 Å². The molecule has 1 rings (SSSR count). The standard InChI is InChI=1S/C13H16Cl2N2O3/c1-2-4-10(12(18)19)17-13(20)16-7-8-5-3-6-9(14)11(8)15/h3,5-6,10H,2,4,7H2,1H3,(H,18,19)(H2,16,17,20). The largest absolute Gasteiger partial charge is 0.480 e. The van der Waals surface area contributed by atoms with Crippen LogP contribution in [0, 0.1) is 0 Å². The molecule has 1 aromatic rings. The highest BCUT2D eigenvalue weighted by Gasteiger charge is 2.18. The number of rotatable bonds is 6. The molecule has 0 heterocycles. The number of carbonyl (C=O) groups is 2. The van der Waals surface area contributed by atoms with E-state index in [0.29, 0.717) is 28.5 Å². The van der Waals surface area contributed by atoms with Crippen LogP contribution < -0.4 is 10.6 Å². The molecule has 0 bridgehead atoms. The molecule has 3 N–H and O–H groups in total. The summed E-state index contributed by atoms with van der Waals surface area (Å²) in [6.45, 7) is 2.02. The highest BCUT2D eigenvalue weighted by atomic mass is 35.5. The molecule has 0 saturated heterocycles. The van der Waals surface area contributed by atoms with Gasteiger partial charge in [0, 0.05) is 6.54 Å². The lowest BCUT2D eigenvalue weighted by Gasteiger charge is -2.14. The Kier molecular flexibility index (Phi) is 6.61. The fourth-order valence-electron chi connectivity index (χ4n) is 1.62. The highest BCUT2D eigenvalue weighted by Crippen LogP contribution is 2.25. The van der Waals surface area contributed by atoms with Gasteiger partial charge in [-0.25, -0.2) is 9.59 Å². The summed E-state index contributed by atoms with van der Waals surface area (Å²) in [6, 6.07) is 3.65. The monoisotopic (exact) mass is 318 g/mol. The molecule has 0 spiro atoms. The fraction of sp³-hybridized carbons (Fsp3) is 0.385. The number of carboxylic acid groups (broad SMARTS) is 1. The maximum Gasteiger partial charge on any atom is 0.326 e. The van der Waals surface area contributed by atoms with Crippen LogP contribution in [-0.2, 0) is 11.3 Å². The highest BCUT2D eigenvalue weighted by molar-refractivity contribution is 6.42. The van der Waals surface area contributed by atoms with E-state index in [0.717, 1.165) is 0 Å². The maximum absolute atomic E-state index is 11.6. The summed E-state index contributed by atoms with van der Waals surface area (Å²) in [4.78, 5) is 22.6. The van der Waals surface area contributed by atoms with Crippen LogP contribution in [0.3, 0.4) is 0 Å². The van der Waals surface area contributed by atoms with E-state index in [9.17, 15) is 9.59 Å². The average molecular weight is 319 g/mol. The molecule has 0 aliphatic carbocycles. The molecule has 20 heavy (non-hydrogen) atoms. The van der Waals surface area contributed by atoms with Gasteiger partial charge in [-0.05, 0) is 18.1 Å². The molecule has 1 unspecified atom stereocenters. The van der Waals surface area contributed by atoms with Gasteiger partial charge in [0.15, 0.2) is 0 Å². The first-order chi connectivity index (χ1) is 9.45. The van der Waals surface area contributed by atoms with Crippen LogP contribution in [0.25, 0.3) is 0 Å². The molecule has 0 radical (unpaired) electrons. The van der Waals surface area contributed by atoms with Crippen LogP contribution in [0.4, 0.5) is 4.79 Å². The summed E-state index contributed by atoms with van der Waals surface area (Å²) in [5.41, 5.74) is 0.664. The van der Waals surface area contributed by atoms with Crippen LogP contribution in [0.15, 0.2) is 18.2 Å². The van der Waals surface area contributed by atoms with Gasteiger partial charge in [0.1, 0.15) is 6.04 Å². The van der Waals surface area contributed by atoms with Gasteiger partial charge in [-0.1, -0.05) is 48.7 Å². The molecule has 1 aromatic carbocycles. The summed E-state index contributed by atoms with van der Waals surface area (Å²) in [5, 5.41) is 14.7. The Morgan fingerprint density at radius 3 is 2.65 bits per heavy atom. The predicted molar refractivity (Wildman–Crippen MR) is 78.2 cm³/mol. The number of halogens is 2. The minimum Gasteiger partial charge on any atom is -0.480 e. The van der Waals surface area contributed by atoms with E-state index < -0.39 is 18.0 Å². The van der Waals surface area contributed by atoms with Gasteiger partial charge in [-0.2, -0.15) is 0 Å². The van der Waals surface area contributed by atoms with Gasteiger partial charge in [0.05, 0.1) is 10.0 Å². The van der Waals surface area contributed by atoms with E-state index in [4.69, 9.17) is 28.3 Å². The summed E-state index contributed by atoms with van der Waals surface area (Å²) >= 11 is 11.8. The Labute approximate surface area is 127 Å². The number of nitrogens with one attached hydrogen (secondary N) is 2. The number of carboxylic acids is 1. The van der Waals surface area contributed by atoms with Crippen LogP contribution in [0.1, 0.15) is 25.3 Å². The van der Waals surface area contributed by atoms with E-state index >= 15 is 0 Å². The first-order valence-corrected chi connectivity index (χ1v) is 6.91. The second-order valence-corrected chi connectivity index (χ2v) is 5.00. The molecule has 1 atom stereocenters. The van der Waals surface area contributed by atoms with Crippen molar-refractivity contribution < 1.29 is 14.7 Å². The maximum atomic E-state index is 11.6. The molecule has 5 nitrogen and oxygen atoms in total. The third kappa shape index (κ3) is 4.90. The zero-order chi connectivity index (χ0) is 15.1. The van der Waals surface area contributed by atoms with E-state index in [1.165, 1.54) is 0 Å². The van der Waals surface area contributed by atoms with Crippen molar-refractivity contribution in [1.29, 1.82) is 0 Å². The lowest BCUT2D eigenvalue weighted by atomic mass is 10.2. The molecule has 7 heteroatoms. The van der Waals surface area contributed by atoms with Gasteiger partial charge in [0.25, 0.3) is 0 Å². The molecule has 0 saturated carbocycles. The molecule has 2 amide bonds. The topological polar surface area (TPSA) is 78.4 Å². The second-order valence-electron chi connectivity index (χ2n) is 4.22. The van der Waals surface area contributed by atoms with Gasteiger partial charge >= 0.3 is 12.0 Å². The molecule has 0 aromatic heterocycles. The van der Waals surface area contributed by atoms with Crippen molar-refractivity contribution in [2.75, 3.05) is 0 Å². The van der Waals surface area contributed by atoms with E-state index in [2.05, 4.69) is 10.6 Å². The predicted octanol–water partition coefficient (Wildman–Crippen LogP) is 3.05. The SMILES string of the molecule is CCCC(NC(=O)NCc1cccc(Cl)c1Cl)C(=O)O. The number of hydrogen-bond donors (Lipinski definition) is 3. The first-order valence-electron chi connectivity index (χ1n) is 6.15. The van der Waals surface area contributed by atoms with Crippen LogP contribution >= 0.6 is 23.2 Å². The average Bonchev–Trinajstić information content (AvgIpc) is 2.40. The Bertz CT molecular complexity index is 495. The fourth-order valence-corrected chi connectivity index (χ4v) is 2.00. The Morgan fingerprint density at radius 2 is 2.05 bits per heavy atom. The number of hydrogen-bond acceptors (Lipinski definition) is 2. The van der Waals surface area contributed by atoms with Gasteiger partial charge in [-0.15, -0.1) is 0 Å². The number of amides is 2. The normalized spacial score (nSPS) is 11.8. The molecule has 0 fully saturated rings. The summed E-state index contributed by atoms with van der Waals surface area (Å²) in [5.74, 6) is -1.05. The summed E-state index contributed by atoms with van der Waals surface area (Å²) < 4.78 is 0. The lowest BCUT2D eigenvalue weighted by Crippen LogP contribution is -2.45. The number of benzene rings is 1. The Hall–Kier alpha value is -1.46. The quantitative estimate of drug-likeness (QED) is 0.754. The minimum atomic E-state index is -1.05. The van der Waals surface area contributed by atoms with Gasteiger partial charge in [-0.3, -0.25) is 0 Å². The van der Waals surface area contributed by atoms with E-state index in [-0.39, 0.29) is 6.54 Å². The summed E-state index contributed by atoms with van der Waals surface area (Å²) in [6.07, 6.45) is 1.04. The molecule has 0 aliphatic heterocycles. The zero-order valence-corrected chi connectivity index (χ0v) is 12.5. The second kappa shape index (κ2) is 7.97. The third-order valence-electron chi connectivity index (χ3n) is 2.65. The number of carbonyl (C=O) groups excluding carboxylic acids is 1. The van der Waals surface area contributed by atoms with Crippen molar-refractivity contribution in [3.8, 4) is 0 Å². The van der Waals surface area contributed by atoms with Gasteiger partial charge < -0.3 is 15.7 Å². The summed E-state index contributed by atoms with van der Waals surface area (Å²) in [7, 11) is 0. The van der Waals surface area contributed by atoms with E-state index in [1.807, 2.05) is 6.92 Å². The van der Waals surface area contributed by atoms with Crippen LogP contribution in [0.5, 0.6) is 0 Å². The molecular weight excluding hydrogens is 303 g/mol. The number of aliphatic carboxylic acids is 1. The smallest absolute Gasteiger partial charge is 0.326 e. The molecule has 110 valence electrons. The third-order valence-corrected chi connectivity index (χ3v) is 3.51. The molecular formula is C13H16Cl2N2O3. The number of urea groups is 1. The first kappa shape index (κ1) is 16.6. The minimum absolute atomic E-state index is 0.170. The Morgan fingerprint density at radius 1 is 1.35 bits per heavy atom. The molecule has 0 aliphatic rings. The van der Waals surface area contributed by atoms with Crippen molar-refractivity contribution in [1.82, 2.24) is 10.6 Å². The Balaban J connectivity index is 2.54. The lowest BCUT2D eigenvalue weighted by molar-refractivity contribution is -0.139.